The Morgan fingerprint density at radius 1 is 0.688 bits per heavy atom. The maximum Gasteiger partial charge on any atom is 2.00 e. The molecule has 16 heavy (non-hydrogen) atoms. The summed E-state index contributed by atoms with van der Waals surface area (Å²) in [4.78, 5) is 0. The molecule has 1 radical (unpaired) electrons. The number of nitrogens with one attached hydrogen (secondary N) is 3. The molecule has 3 N–H and O–H groups in total. The van der Waals surface area contributed by atoms with Gasteiger partial charge in [0, 0.05) is 18.1 Å². The molecular formula is C12H27CuN3+2. The summed E-state index contributed by atoms with van der Waals surface area (Å²) >= 11 is 0. The van der Waals surface area contributed by atoms with Gasteiger partial charge in [0.25, 0.3) is 0 Å². The zero-order valence-corrected chi connectivity index (χ0v) is 11.7. The molecule has 0 unspecified atom stereocenters. The van der Waals surface area contributed by atoms with E-state index >= 15 is 0 Å². The number of hydrogen-bond acceptors (Lipinski definition) is 3. The van der Waals surface area contributed by atoms with Crippen LogP contribution in [-0.2, 0) is 17.1 Å². The van der Waals surface area contributed by atoms with E-state index in [-0.39, 0.29) is 17.1 Å². The van der Waals surface area contributed by atoms with Gasteiger partial charge in [0.05, 0.1) is 0 Å². The molecular weight excluding hydrogens is 250 g/mol. The summed E-state index contributed by atoms with van der Waals surface area (Å²) in [6.07, 6.45) is 3.84. The fourth-order valence-electron chi connectivity index (χ4n) is 2.69. The van der Waals surface area contributed by atoms with Crippen molar-refractivity contribution in [3.8, 4) is 0 Å². The van der Waals surface area contributed by atoms with Gasteiger partial charge in [-0.05, 0) is 38.9 Å². The Hall–Kier alpha value is 0.399. The van der Waals surface area contributed by atoms with Crippen LogP contribution in [0.4, 0.5) is 0 Å². The first-order valence-corrected chi connectivity index (χ1v) is 6.50. The van der Waals surface area contributed by atoms with Crippen LogP contribution in [0, 0.1) is 0 Å². The molecule has 0 heterocycles. The van der Waals surface area contributed by atoms with Crippen LogP contribution in [0.1, 0.15) is 40.0 Å². The van der Waals surface area contributed by atoms with Crippen LogP contribution in [0.15, 0.2) is 0 Å². The third-order valence-corrected chi connectivity index (χ3v) is 3.19. The smallest absolute Gasteiger partial charge is 0.314 e. The van der Waals surface area contributed by atoms with Crippen molar-refractivity contribution in [2.45, 2.75) is 58.2 Å². The van der Waals surface area contributed by atoms with Crippen molar-refractivity contribution in [2.24, 2.45) is 0 Å². The van der Waals surface area contributed by atoms with Gasteiger partial charge in [0.2, 0.25) is 0 Å². The van der Waals surface area contributed by atoms with E-state index in [1.54, 1.807) is 0 Å². The van der Waals surface area contributed by atoms with Gasteiger partial charge in [-0.15, -0.1) is 0 Å². The maximum atomic E-state index is 3.58. The van der Waals surface area contributed by atoms with E-state index in [2.05, 4.69) is 36.7 Å². The third-order valence-electron chi connectivity index (χ3n) is 3.19. The topological polar surface area (TPSA) is 36.1 Å². The Morgan fingerprint density at radius 2 is 0.938 bits per heavy atom. The van der Waals surface area contributed by atoms with Crippen LogP contribution >= 0.6 is 0 Å². The van der Waals surface area contributed by atoms with E-state index in [1.807, 2.05) is 0 Å². The molecule has 0 bridgehead atoms. The molecule has 4 heteroatoms. The predicted octanol–water partition coefficient (Wildman–Crippen LogP) is 1.10. The molecule has 3 nitrogen and oxygen atoms in total. The van der Waals surface area contributed by atoms with E-state index in [1.165, 1.54) is 19.3 Å². The Kier molecular flexibility index (Phi) is 9.67. The van der Waals surface area contributed by atoms with E-state index in [0.717, 1.165) is 19.6 Å². The van der Waals surface area contributed by atoms with Gasteiger partial charge in [-0.1, -0.05) is 20.8 Å². The molecule has 1 saturated carbocycles. The van der Waals surface area contributed by atoms with Gasteiger partial charge in [0.15, 0.2) is 0 Å². The minimum Gasteiger partial charge on any atom is -0.314 e. The average molecular weight is 277 g/mol. The SMILES string of the molecule is CCNC1CC(NCC)CC(NCC)C1.[Cu+2]. The molecule has 1 aliphatic rings. The van der Waals surface area contributed by atoms with E-state index < -0.39 is 0 Å². The first kappa shape index (κ1) is 16.4. The summed E-state index contributed by atoms with van der Waals surface area (Å²) < 4.78 is 0. The van der Waals surface area contributed by atoms with Gasteiger partial charge in [-0.25, -0.2) is 0 Å². The van der Waals surface area contributed by atoms with Gasteiger partial charge >= 0.3 is 17.1 Å². The van der Waals surface area contributed by atoms with Gasteiger partial charge in [0.1, 0.15) is 0 Å². The van der Waals surface area contributed by atoms with Crippen LogP contribution in [0.5, 0.6) is 0 Å². The molecule has 1 fully saturated rings. The molecule has 99 valence electrons. The zero-order valence-electron chi connectivity index (χ0n) is 10.8. The second-order valence-corrected chi connectivity index (χ2v) is 4.47. The number of rotatable bonds is 6. The summed E-state index contributed by atoms with van der Waals surface area (Å²) in [5, 5.41) is 10.7. The van der Waals surface area contributed by atoms with Crippen molar-refractivity contribution in [1.29, 1.82) is 0 Å². The van der Waals surface area contributed by atoms with E-state index in [4.69, 9.17) is 0 Å². The van der Waals surface area contributed by atoms with Crippen molar-refractivity contribution in [3.63, 3.8) is 0 Å². The van der Waals surface area contributed by atoms with Crippen LogP contribution in [0.3, 0.4) is 0 Å². The molecule has 0 aromatic rings. The van der Waals surface area contributed by atoms with Gasteiger partial charge in [-0.2, -0.15) is 0 Å². The van der Waals surface area contributed by atoms with Crippen LogP contribution in [0.25, 0.3) is 0 Å². The summed E-state index contributed by atoms with van der Waals surface area (Å²) in [7, 11) is 0. The Balaban J connectivity index is 0.00000225. The molecule has 0 aromatic carbocycles. The van der Waals surface area contributed by atoms with Crippen LogP contribution in [-0.4, -0.2) is 37.8 Å². The van der Waals surface area contributed by atoms with Crippen molar-refractivity contribution in [3.05, 3.63) is 0 Å². The summed E-state index contributed by atoms with van der Waals surface area (Å²) in [6, 6.07) is 2.07. The minimum atomic E-state index is 0. The first-order chi connectivity index (χ1) is 7.30. The van der Waals surface area contributed by atoms with Crippen LogP contribution < -0.4 is 16.0 Å². The van der Waals surface area contributed by atoms with Crippen molar-refractivity contribution < 1.29 is 17.1 Å². The second kappa shape index (κ2) is 9.43. The molecule has 1 aliphatic carbocycles. The Labute approximate surface area is 111 Å². The van der Waals surface area contributed by atoms with Crippen LogP contribution in [0.2, 0.25) is 0 Å². The Morgan fingerprint density at radius 3 is 1.12 bits per heavy atom. The molecule has 1 rings (SSSR count). The quantitative estimate of drug-likeness (QED) is 0.636. The third kappa shape index (κ3) is 5.65. The fraction of sp³-hybridized carbons (Fsp3) is 1.00. The molecule has 0 aromatic heterocycles. The number of hydrogen-bond donors (Lipinski definition) is 3. The Bertz CT molecular complexity index is 132. The summed E-state index contributed by atoms with van der Waals surface area (Å²) in [5.74, 6) is 0. The van der Waals surface area contributed by atoms with Gasteiger partial charge in [-0.3, -0.25) is 0 Å². The van der Waals surface area contributed by atoms with E-state index in [9.17, 15) is 0 Å². The van der Waals surface area contributed by atoms with E-state index in [0.29, 0.717) is 18.1 Å². The largest absolute Gasteiger partial charge is 2.00 e. The monoisotopic (exact) mass is 276 g/mol. The van der Waals surface area contributed by atoms with Crippen molar-refractivity contribution in [2.75, 3.05) is 19.6 Å². The first-order valence-electron chi connectivity index (χ1n) is 6.50. The summed E-state index contributed by atoms with van der Waals surface area (Å²) in [5.41, 5.74) is 0. The standard InChI is InChI=1S/C12H27N3.Cu/c1-4-13-10-7-11(14-5-2)9-12(8-10)15-6-3;/h10-15H,4-9H2,1-3H3;/q;+2. The minimum absolute atomic E-state index is 0. The van der Waals surface area contributed by atoms with Crippen molar-refractivity contribution >= 4 is 0 Å². The second-order valence-electron chi connectivity index (χ2n) is 4.47. The van der Waals surface area contributed by atoms with Crippen molar-refractivity contribution in [1.82, 2.24) is 16.0 Å². The molecule has 0 aliphatic heterocycles. The average Bonchev–Trinajstić information content (AvgIpc) is 2.19. The van der Waals surface area contributed by atoms with Gasteiger partial charge < -0.3 is 16.0 Å². The predicted molar refractivity (Wildman–Crippen MR) is 66.2 cm³/mol. The maximum absolute atomic E-state index is 3.58. The fourth-order valence-corrected chi connectivity index (χ4v) is 2.69. The zero-order chi connectivity index (χ0) is 11.1. The normalized spacial score (nSPS) is 29.8. The molecule has 0 atom stereocenters. The molecule has 0 saturated heterocycles. The molecule has 0 spiro atoms. The summed E-state index contributed by atoms with van der Waals surface area (Å²) in [6.45, 7) is 9.84. The molecule has 0 amide bonds.